The van der Waals surface area contributed by atoms with E-state index in [4.69, 9.17) is 4.55 Å². The lowest BCUT2D eigenvalue weighted by Crippen LogP contribution is -2.31. The number of quaternary nitrogens is 2. The molecule has 102 valence electrons. The second-order valence-electron chi connectivity index (χ2n) is 2.73. The third-order valence-electron chi connectivity index (χ3n) is 1.73. The Hall–Kier alpha value is -2.01. The average molecular weight is 280 g/mol. The number of rotatable bonds is 3. The Kier molecular flexibility index (Phi) is 6.19. The predicted octanol–water partition coefficient (Wildman–Crippen LogP) is -1.59. The quantitative estimate of drug-likeness (QED) is 0.552. The second kappa shape index (κ2) is 6.07. The maximum Gasteiger partial charge on any atom is 0.295 e. The van der Waals surface area contributed by atoms with Crippen molar-refractivity contribution in [2.24, 2.45) is 0 Å². The van der Waals surface area contributed by atoms with Gasteiger partial charge in [0.05, 0.1) is 11.9 Å². The summed E-state index contributed by atoms with van der Waals surface area (Å²) in [6, 6.07) is 2.53. The van der Waals surface area contributed by atoms with Crippen LogP contribution in [0.25, 0.3) is 0 Å². The van der Waals surface area contributed by atoms with Gasteiger partial charge in [-0.2, -0.15) is 8.42 Å². The highest BCUT2D eigenvalue weighted by atomic mass is 32.2. The van der Waals surface area contributed by atoms with Crippen LogP contribution in [0.4, 0.5) is 0 Å². The van der Waals surface area contributed by atoms with Crippen LogP contribution < -0.4 is 22.5 Å². The molecule has 0 saturated heterocycles. The molecule has 0 bridgehead atoms. The van der Waals surface area contributed by atoms with Gasteiger partial charge in [-0.15, -0.1) is 0 Å². The minimum atomic E-state index is -4.85. The molecule has 0 atom stereocenters. The zero-order valence-electron chi connectivity index (χ0n) is 9.54. The number of hydrogen-bond acceptors (Lipinski definition) is 6. The molecule has 0 aromatic heterocycles. The lowest BCUT2D eigenvalue weighted by atomic mass is 10.1. The van der Waals surface area contributed by atoms with Crippen LogP contribution in [0.2, 0.25) is 0 Å². The van der Waals surface area contributed by atoms with Gasteiger partial charge in [0, 0.05) is 11.1 Å². The second-order valence-corrected chi connectivity index (χ2v) is 4.12. The molecule has 18 heavy (non-hydrogen) atoms. The molecule has 0 unspecified atom stereocenters. The fraction of sp³-hybridized carbons (Fsp3) is 0. The molecule has 0 heterocycles. The summed E-state index contributed by atoms with van der Waals surface area (Å²) >= 11 is 0. The molecule has 0 spiro atoms. The summed E-state index contributed by atoms with van der Waals surface area (Å²) in [4.78, 5) is 20.1. The maximum absolute atomic E-state index is 10.8. The van der Waals surface area contributed by atoms with Crippen molar-refractivity contribution < 1.29 is 32.8 Å². The first-order valence-electron chi connectivity index (χ1n) is 3.78. The van der Waals surface area contributed by atoms with E-state index >= 15 is 0 Å². The van der Waals surface area contributed by atoms with Crippen LogP contribution in [-0.4, -0.2) is 24.9 Å². The third-order valence-corrected chi connectivity index (χ3v) is 2.62. The summed E-state index contributed by atoms with van der Waals surface area (Å²) in [5, 5.41) is 21.1. The largest absolute Gasteiger partial charge is 0.545 e. The highest BCUT2D eigenvalue weighted by molar-refractivity contribution is 7.86. The minimum Gasteiger partial charge on any atom is -0.545 e. The van der Waals surface area contributed by atoms with E-state index in [1.807, 2.05) is 0 Å². The van der Waals surface area contributed by atoms with Crippen LogP contribution in [0.15, 0.2) is 23.1 Å². The van der Waals surface area contributed by atoms with Crippen LogP contribution in [0.5, 0.6) is 0 Å². The summed E-state index contributed by atoms with van der Waals surface area (Å²) in [7, 11) is -4.85. The molecule has 9 N–H and O–H groups in total. The van der Waals surface area contributed by atoms with Crippen molar-refractivity contribution in [1.29, 1.82) is 0 Å². The van der Waals surface area contributed by atoms with Crippen LogP contribution in [-0.2, 0) is 10.1 Å². The molecule has 1 aromatic rings. The number of aromatic carboxylic acids is 2. The molecular weight excluding hydrogens is 268 g/mol. The molecule has 0 radical (unpaired) electrons. The van der Waals surface area contributed by atoms with Crippen molar-refractivity contribution >= 4 is 22.1 Å². The van der Waals surface area contributed by atoms with Crippen molar-refractivity contribution in [1.82, 2.24) is 12.3 Å². The highest BCUT2D eigenvalue weighted by Crippen LogP contribution is 2.18. The molecule has 0 fully saturated rings. The topological polar surface area (TPSA) is 208 Å². The van der Waals surface area contributed by atoms with E-state index in [9.17, 15) is 28.2 Å². The van der Waals surface area contributed by atoms with Gasteiger partial charge < -0.3 is 32.1 Å². The fourth-order valence-corrected chi connectivity index (χ4v) is 1.83. The fourth-order valence-electron chi connectivity index (χ4n) is 1.13. The van der Waals surface area contributed by atoms with E-state index in [1.165, 1.54) is 0 Å². The van der Waals surface area contributed by atoms with Gasteiger partial charge in [0.25, 0.3) is 10.1 Å². The lowest BCUT2D eigenvalue weighted by molar-refractivity contribution is -0.260. The zero-order valence-corrected chi connectivity index (χ0v) is 10.4. The Labute approximate surface area is 102 Å². The predicted molar refractivity (Wildman–Crippen MR) is 56.9 cm³/mol. The van der Waals surface area contributed by atoms with Crippen LogP contribution in [0.3, 0.4) is 0 Å². The number of benzene rings is 1. The van der Waals surface area contributed by atoms with Gasteiger partial charge in [-0.05, 0) is 6.07 Å². The van der Waals surface area contributed by atoms with Gasteiger partial charge in [0.15, 0.2) is 0 Å². The number of carbonyl (C=O) groups is 2. The number of carboxylic acids is 2. The maximum atomic E-state index is 10.8. The smallest absolute Gasteiger partial charge is 0.295 e. The standard InChI is InChI=1S/C8H6O7S.2H3N/c9-7(10)4-2-1-3-5(16(13,14)15)6(4)8(11)12;;/h1-3H,(H,9,10)(H,11,12)(H,13,14,15);2*1H3. The van der Waals surface area contributed by atoms with Gasteiger partial charge in [0.2, 0.25) is 0 Å². The molecule has 0 amide bonds. The SMILES string of the molecule is O=C([O-])c1cccc(S(=O)(=O)O)c1C(=O)[O-].[NH4+].[NH4+]. The van der Waals surface area contributed by atoms with Crippen molar-refractivity contribution in [3.8, 4) is 0 Å². The van der Waals surface area contributed by atoms with Crippen molar-refractivity contribution in [2.75, 3.05) is 0 Å². The first kappa shape index (κ1) is 18.4. The normalized spacial score (nSPS) is 9.83. The zero-order chi connectivity index (χ0) is 12.5. The first-order valence-corrected chi connectivity index (χ1v) is 5.22. The van der Waals surface area contributed by atoms with Gasteiger partial charge in [-0.1, -0.05) is 12.1 Å². The molecule has 1 aromatic carbocycles. The van der Waals surface area contributed by atoms with Crippen molar-refractivity contribution in [2.45, 2.75) is 4.90 Å². The average Bonchev–Trinajstić information content (AvgIpc) is 2.14. The minimum absolute atomic E-state index is 0. The molecule has 1 rings (SSSR count). The molecule has 0 saturated carbocycles. The van der Waals surface area contributed by atoms with Crippen LogP contribution >= 0.6 is 0 Å². The summed E-state index contributed by atoms with van der Waals surface area (Å²) in [5.74, 6) is -3.92. The van der Waals surface area contributed by atoms with Gasteiger partial charge in [-0.25, -0.2) is 0 Å². The Bertz CT molecular complexity index is 567. The van der Waals surface area contributed by atoms with Gasteiger partial charge in [0.1, 0.15) is 4.90 Å². The molecule has 0 aliphatic heterocycles. The third kappa shape index (κ3) is 3.49. The highest BCUT2D eigenvalue weighted by Gasteiger charge is 2.19. The molecule has 0 aliphatic rings. The Morgan fingerprint density at radius 3 is 1.89 bits per heavy atom. The molecule has 0 aliphatic carbocycles. The molecule has 10 heteroatoms. The molecule has 9 nitrogen and oxygen atoms in total. The van der Waals surface area contributed by atoms with E-state index < -0.39 is 38.1 Å². The Morgan fingerprint density at radius 1 is 1.06 bits per heavy atom. The Morgan fingerprint density at radius 2 is 1.56 bits per heavy atom. The number of carboxylic acid groups (broad SMARTS) is 2. The van der Waals surface area contributed by atoms with E-state index in [0.717, 1.165) is 18.2 Å². The molecular formula is C8H12N2O7S. The van der Waals surface area contributed by atoms with Gasteiger partial charge in [-0.3, -0.25) is 4.55 Å². The summed E-state index contributed by atoms with van der Waals surface area (Å²) in [5.41, 5.74) is -2.01. The lowest BCUT2D eigenvalue weighted by Gasteiger charge is -2.14. The monoisotopic (exact) mass is 280 g/mol. The summed E-state index contributed by atoms with van der Waals surface area (Å²) in [6.45, 7) is 0. The van der Waals surface area contributed by atoms with E-state index in [-0.39, 0.29) is 12.3 Å². The Balaban J connectivity index is 0. The van der Waals surface area contributed by atoms with Crippen LogP contribution in [0, 0.1) is 0 Å². The number of hydrogen-bond donors (Lipinski definition) is 3. The van der Waals surface area contributed by atoms with E-state index in [1.54, 1.807) is 0 Å². The summed E-state index contributed by atoms with van der Waals surface area (Å²) < 4.78 is 30.3. The van der Waals surface area contributed by atoms with Gasteiger partial charge >= 0.3 is 0 Å². The summed E-state index contributed by atoms with van der Waals surface area (Å²) in [6.07, 6.45) is 0. The number of carbonyl (C=O) groups excluding carboxylic acids is 2. The van der Waals surface area contributed by atoms with Crippen molar-refractivity contribution in [3.05, 3.63) is 29.3 Å². The van der Waals surface area contributed by atoms with E-state index in [0.29, 0.717) is 0 Å². The van der Waals surface area contributed by atoms with Crippen molar-refractivity contribution in [3.63, 3.8) is 0 Å². The van der Waals surface area contributed by atoms with E-state index in [2.05, 4.69) is 0 Å². The van der Waals surface area contributed by atoms with Crippen LogP contribution in [0.1, 0.15) is 20.7 Å². The first-order chi connectivity index (χ1) is 7.25.